The Morgan fingerprint density at radius 3 is 2.48 bits per heavy atom. The largest absolute Gasteiger partial charge is 0.497 e. The van der Waals surface area contributed by atoms with Crippen molar-refractivity contribution in [2.24, 2.45) is 5.92 Å². The molecule has 0 saturated heterocycles. The van der Waals surface area contributed by atoms with Crippen molar-refractivity contribution in [1.29, 1.82) is 0 Å². The minimum absolute atomic E-state index is 0.693. The number of hydrogen-bond acceptors (Lipinski definition) is 1. The lowest BCUT2D eigenvalue weighted by Crippen LogP contribution is -2.16. The van der Waals surface area contributed by atoms with Crippen LogP contribution in [0.15, 0.2) is 77.9 Å². The Kier molecular flexibility index (Phi) is 4.99. The SMILES string of the molecule is COc1ccc2cc(C#CC3=C(C)C(CCc4ccccc4)C3)ccc2c1. The maximum Gasteiger partial charge on any atom is 0.119 e. The van der Waals surface area contributed by atoms with Crippen LogP contribution in [0.1, 0.15) is 30.9 Å². The molecule has 0 spiro atoms. The van der Waals surface area contributed by atoms with Gasteiger partial charge in [0.1, 0.15) is 5.75 Å². The van der Waals surface area contributed by atoms with Crippen molar-refractivity contribution in [3.63, 3.8) is 0 Å². The van der Waals surface area contributed by atoms with Crippen LogP contribution >= 0.6 is 0 Å². The summed E-state index contributed by atoms with van der Waals surface area (Å²) in [4.78, 5) is 0. The second kappa shape index (κ2) is 7.72. The summed E-state index contributed by atoms with van der Waals surface area (Å²) in [5, 5.41) is 2.38. The summed E-state index contributed by atoms with van der Waals surface area (Å²) < 4.78 is 5.29. The third-order valence-corrected chi connectivity index (χ3v) is 5.57. The summed E-state index contributed by atoms with van der Waals surface area (Å²) in [6.45, 7) is 2.25. The van der Waals surface area contributed by atoms with Crippen LogP contribution in [0, 0.1) is 17.8 Å². The molecule has 4 rings (SSSR count). The van der Waals surface area contributed by atoms with E-state index >= 15 is 0 Å². The van der Waals surface area contributed by atoms with Crippen molar-refractivity contribution in [2.75, 3.05) is 7.11 Å². The molecule has 134 valence electrons. The molecule has 1 heteroatoms. The molecule has 0 bridgehead atoms. The first-order valence-corrected chi connectivity index (χ1v) is 9.56. The Balaban J connectivity index is 1.43. The van der Waals surface area contributed by atoms with Gasteiger partial charge in [-0.15, -0.1) is 0 Å². The summed E-state index contributed by atoms with van der Waals surface area (Å²) >= 11 is 0. The molecule has 0 heterocycles. The second-order valence-electron chi connectivity index (χ2n) is 7.26. The van der Waals surface area contributed by atoms with Gasteiger partial charge in [0, 0.05) is 11.1 Å². The summed E-state index contributed by atoms with van der Waals surface area (Å²) in [6.07, 6.45) is 3.49. The van der Waals surface area contributed by atoms with E-state index in [0.717, 1.165) is 24.2 Å². The Morgan fingerprint density at radius 1 is 0.926 bits per heavy atom. The average molecular weight is 352 g/mol. The Morgan fingerprint density at radius 2 is 1.70 bits per heavy atom. The van der Waals surface area contributed by atoms with Gasteiger partial charge in [0.2, 0.25) is 0 Å². The van der Waals surface area contributed by atoms with Gasteiger partial charge in [0.05, 0.1) is 7.11 Å². The van der Waals surface area contributed by atoms with Crippen molar-refractivity contribution in [1.82, 2.24) is 0 Å². The zero-order chi connectivity index (χ0) is 18.6. The number of aryl methyl sites for hydroxylation is 1. The van der Waals surface area contributed by atoms with E-state index in [4.69, 9.17) is 4.74 Å². The number of fused-ring (bicyclic) bond motifs is 1. The van der Waals surface area contributed by atoms with E-state index in [-0.39, 0.29) is 0 Å². The van der Waals surface area contributed by atoms with Crippen LogP contribution in [0.25, 0.3) is 10.8 Å². The smallest absolute Gasteiger partial charge is 0.119 e. The van der Waals surface area contributed by atoms with E-state index in [2.05, 4.69) is 79.4 Å². The van der Waals surface area contributed by atoms with Crippen molar-refractivity contribution < 1.29 is 4.74 Å². The Hall–Kier alpha value is -2.98. The minimum atomic E-state index is 0.693. The first-order chi connectivity index (χ1) is 13.2. The van der Waals surface area contributed by atoms with Crippen LogP contribution in [-0.4, -0.2) is 7.11 Å². The van der Waals surface area contributed by atoms with Gasteiger partial charge in [-0.05, 0) is 72.7 Å². The molecule has 1 aliphatic rings. The first kappa shape index (κ1) is 17.4. The lowest BCUT2D eigenvalue weighted by molar-refractivity contribution is 0.415. The molecular formula is C26H24O. The highest BCUT2D eigenvalue weighted by Gasteiger charge is 2.24. The highest BCUT2D eigenvalue weighted by atomic mass is 16.5. The highest BCUT2D eigenvalue weighted by molar-refractivity contribution is 5.85. The van der Waals surface area contributed by atoms with Crippen LogP contribution in [0.5, 0.6) is 5.75 Å². The highest BCUT2D eigenvalue weighted by Crippen LogP contribution is 2.37. The fourth-order valence-electron chi connectivity index (χ4n) is 3.71. The molecule has 0 aliphatic heterocycles. The van der Waals surface area contributed by atoms with Crippen molar-refractivity contribution >= 4 is 10.8 Å². The van der Waals surface area contributed by atoms with E-state index in [1.807, 2.05) is 6.07 Å². The zero-order valence-corrected chi connectivity index (χ0v) is 16.0. The molecule has 1 atom stereocenters. The van der Waals surface area contributed by atoms with Gasteiger partial charge in [-0.25, -0.2) is 0 Å². The lowest BCUT2D eigenvalue weighted by atomic mass is 9.75. The molecular weight excluding hydrogens is 328 g/mol. The fourth-order valence-corrected chi connectivity index (χ4v) is 3.71. The van der Waals surface area contributed by atoms with Crippen molar-refractivity contribution in [3.05, 3.63) is 89.0 Å². The summed E-state index contributed by atoms with van der Waals surface area (Å²) in [6, 6.07) is 23.3. The number of allylic oxidation sites excluding steroid dienone is 2. The number of methoxy groups -OCH3 is 1. The van der Waals surface area contributed by atoms with Gasteiger partial charge in [-0.3, -0.25) is 0 Å². The molecule has 0 N–H and O–H groups in total. The van der Waals surface area contributed by atoms with Crippen molar-refractivity contribution in [3.8, 4) is 17.6 Å². The quantitative estimate of drug-likeness (QED) is 0.510. The van der Waals surface area contributed by atoms with E-state index in [9.17, 15) is 0 Å². The Labute approximate surface area is 161 Å². The molecule has 1 nitrogen and oxygen atoms in total. The van der Waals surface area contributed by atoms with Crippen LogP contribution in [0.3, 0.4) is 0 Å². The molecule has 1 unspecified atom stereocenters. The molecule has 0 aromatic heterocycles. The third kappa shape index (κ3) is 3.91. The molecule has 0 radical (unpaired) electrons. The number of benzene rings is 3. The normalized spacial score (nSPS) is 15.9. The van der Waals surface area contributed by atoms with Gasteiger partial charge >= 0.3 is 0 Å². The number of hydrogen-bond donors (Lipinski definition) is 0. The molecule has 3 aromatic carbocycles. The topological polar surface area (TPSA) is 9.23 Å². The van der Waals surface area contributed by atoms with Gasteiger partial charge in [0.25, 0.3) is 0 Å². The molecule has 3 aromatic rings. The predicted molar refractivity (Wildman–Crippen MR) is 113 cm³/mol. The van der Waals surface area contributed by atoms with Crippen LogP contribution in [-0.2, 0) is 6.42 Å². The van der Waals surface area contributed by atoms with Gasteiger partial charge in [-0.1, -0.05) is 59.9 Å². The lowest BCUT2D eigenvalue weighted by Gasteiger charge is -2.29. The van der Waals surface area contributed by atoms with Crippen molar-refractivity contribution in [2.45, 2.75) is 26.2 Å². The summed E-state index contributed by atoms with van der Waals surface area (Å²) in [5.74, 6) is 8.34. The number of rotatable bonds is 4. The zero-order valence-electron chi connectivity index (χ0n) is 16.0. The monoisotopic (exact) mass is 352 g/mol. The van der Waals surface area contributed by atoms with Crippen LogP contribution < -0.4 is 4.74 Å². The molecule has 0 fully saturated rings. The predicted octanol–water partition coefficient (Wildman–Crippen LogP) is 6.17. The van der Waals surface area contributed by atoms with Crippen LogP contribution in [0.2, 0.25) is 0 Å². The molecule has 0 saturated carbocycles. The van der Waals surface area contributed by atoms with E-state index in [0.29, 0.717) is 5.92 Å². The first-order valence-electron chi connectivity index (χ1n) is 9.56. The second-order valence-corrected chi connectivity index (χ2v) is 7.26. The molecule has 1 aliphatic carbocycles. The summed E-state index contributed by atoms with van der Waals surface area (Å²) in [7, 11) is 1.70. The third-order valence-electron chi connectivity index (χ3n) is 5.57. The van der Waals surface area contributed by atoms with Gasteiger partial charge in [-0.2, -0.15) is 0 Å². The Bertz CT molecular complexity index is 1050. The fraction of sp³-hybridized carbons (Fsp3) is 0.231. The maximum absolute atomic E-state index is 5.29. The van der Waals surface area contributed by atoms with E-state index < -0.39 is 0 Å². The van der Waals surface area contributed by atoms with Crippen LogP contribution in [0.4, 0.5) is 0 Å². The van der Waals surface area contributed by atoms with E-state index in [1.165, 1.54) is 33.9 Å². The minimum Gasteiger partial charge on any atom is -0.497 e. The summed E-state index contributed by atoms with van der Waals surface area (Å²) in [5.41, 5.74) is 5.30. The average Bonchev–Trinajstić information content (AvgIpc) is 2.72. The number of ether oxygens (including phenoxy) is 1. The van der Waals surface area contributed by atoms with Gasteiger partial charge in [0.15, 0.2) is 0 Å². The van der Waals surface area contributed by atoms with Gasteiger partial charge < -0.3 is 4.74 Å². The van der Waals surface area contributed by atoms with E-state index in [1.54, 1.807) is 7.11 Å². The molecule has 27 heavy (non-hydrogen) atoms. The standard InChI is InChI=1S/C26H24O/c1-19-22(11-8-20-6-4-3-5-7-20)17-23(19)12-9-21-10-13-25-18-26(27-2)15-14-24(25)16-21/h3-7,10,13-16,18,22H,8,11,17H2,1-2H3. The molecule has 0 amide bonds. The maximum atomic E-state index is 5.29.